The molecule has 0 saturated heterocycles. The van der Waals surface area contributed by atoms with Crippen molar-refractivity contribution in [3.63, 3.8) is 0 Å². The zero-order valence-electron chi connectivity index (χ0n) is 21.7. The fourth-order valence-corrected chi connectivity index (χ4v) is 4.77. The Labute approximate surface area is 221 Å². The van der Waals surface area contributed by atoms with Gasteiger partial charge in [-0.05, 0) is 60.2 Å². The lowest BCUT2D eigenvalue weighted by Crippen LogP contribution is -2.44. The smallest absolute Gasteiger partial charge is 0.257 e. The Kier molecular flexibility index (Phi) is 10.5. The van der Waals surface area contributed by atoms with Crippen molar-refractivity contribution in [2.75, 3.05) is 47.6 Å². The van der Waals surface area contributed by atoms with E-state index in [0.29, 0.717) is 31.0 Å². The summed E-state index contributed by atoms with van der Waals surface area (Å²) < 4.78 is 30.2. The minimum absolute atomic E-state index is 0.0719. The highest BCUT2D eigenvalue weighted by molar-refractivity contribution is 7.10. The number of amides is 2. The molecule has 0 aliphatic heterocycles. The maximum absolute atomic E-state index is 14.3. The molecule has 0 aliphatic rings. The van der Waals surface area contributed by atoms with E-state index < -0.39 is 11.7 Å². The average Bonchev–Trinajstić information content (AvgIpc) is 3.32. The summed E-state index contributed by atoms with van der Waals surface area (Å²) >= 11 is 1.59. The molecular formula is C28H33FN2O5S. The molecule has 0 radical (unpaired) electrons. The number of hydrogen-bond donors (Lipinski definition) is 0. The molecule has 1 aromatic heterocycles. The van der Waals surface area contributed by atoms with Crippen LogP contribution < -0.4 is 9.47 Å². The molecule has 0 N–H and O–H groups in total. The summed E-state index contributed by atoms with van der Waals surface area (Å²) in [5.74, 6) is -0.145. The van der Waals surface area contributed by atoms with Crippen molar-refractivity contribution >= 4 is 23.2 Å². The van der Waals surface area contributed by atoms with Crippen LogP contribution >= 0.6 is 11.3 Å². The molecule has 198 valence electrons. The van der Waals surface area contributed by atoms with Crippen LogP contribution in [0.5, 0.6) is 11.5 Å². The summed E-state index contributed by atoms with van der Waals surface area (Å²) in [4.78, 5) is 30.9. The molecule has 0 atom stereocenters. The summed E-state index contributed by atoms with van der Waals surface area (Å²) in [5.41, 5.74) is 2.02. The van der Waals surface area contributed by atoms with Crippen molar-refractivity contribution in [3.05, 3.63) is 81.3 Å². The Morgan fingerprint density at radius 2 is 1.70 bits per heavy atom. The van der Waals surface area contributed by atoms with Gasteiger partial charge >= 0.3 is 0 Å². The number of halogens is 1. The van der Waals surface area contributed by atoms with Gasteiger partial charge in [-0.15, -0.1) is 11.3 Å². The zero-order chi connectivity index (χ0) is 26.8. The van der Waals surface area contributed by atoms with Gasteiger partial charge in [0.15, 0.2) is 11.5 Å². The van der Waals surface area contributed by atoms with E-state index >= 15 is 0 Å². The molecule has 0 aliphatic carbocycles. The minimum Gasteiger partial charge on any atom is -0.493 e. The van der Waals surface area contributed by atoms with Crippen molar-refractivity contribution in [2.24, 2.45) is 0 Å². The number of methoxy groups -OCH3 is 3. The number of hydrogen-bond acceptors (Lipinski definition) is 6. The number of ether oxygens (including phenoxy) is 3. The first kappa shape index (κ1) is 28.1. The molecule has 37 heavy (non-hydrogen) atoms. The number of carbonyl (C=O) groups excluding carboxylic acids is 2. The molecule has 0 fully saturated rings. The third-order valence-corrected chi connectivity index (χ3v) is 7.06. The highest BCUT2D eigenvalue weighted by Crippen LogP contribution is 2.28. The lowest BCUT2D eigenvalue weighted by atomic mass is 10.1. The first-order valence-corrected chi connectivity index (χ1v) is 12.8. The normalized spacial score (nSPS) is 10.7. The van der Waals surface area contributed by atoms with Gasteiger partial charge in [0.05, 0.1) is 32.9 Å². The molecule has 0 unspecified atom stereocenters. The van der Waals surface area contributed by atoms with Gasteiger partial charge < -0.3 is 24.0 Å². The Morgan fingerprint density at radius 3 is 2.35 bits per heavy atom. The fraction of sp³-hybridized carbons (Fsp3) is 0.357. The molecule has 9 heteroatoms. The van der Waals surface area contributed by atoms with Gasteiger partial charge in [0.25, 0.3) is 5.91 Å². The van der Waals surface area contributed by atoms with Gasteiger partial charge in [-0.25, -0.2) is 4.39 Å². The standard InChI is InChI=1S/C28H33FN2O5S/c1-20-12-16-37-26(20)18-30(13-11-21-9-10-24(35-3)25(17-21)36-4)27(32)19-31(14-15-34-2)28(33)22-7-5-6-8-23(22)29/h5-10,12,16-17H,11,13-15,18-19H2,1-4H3. The third kappa shape index (κ3) is 7.53. The highest BCUT2D eigenvalue weighted by Gasteiger charge is 2.24. The molecule has 0 saturated carbocycles. The summed E-state index contributed by atoms with van der Waals surface area (Å²) in [7, 11) is 4.68. The average molecular weight is 529 g/mol. The third-order valence-electron chi connectivity index (χ3n) is 6.06. The molecule has 3 rings (SSSR count). The van der Waals surface area contributed by atoms with Crippen LogP contribution in [0.25, 0.3) is 0 Å². The Bertz CT molecular complexity index is 1200. The van der Waals surface area contributed by atoms with Gasteiger partial charge in [-0.1, -0.05) is 18.2 Å². The molecule has 7 nitrogen and oxygen atoms in total. The lowest BCUT2D eigenvalue weighted by Gasteiger charge is -2.28. The van der Waals surface area contributed by atoms with E-state index in [4.69, 9.17) is 14.2 Å². The quantitative estimate of drug-likeness (QED) is 0.325. The van der Waals surface area contributed by atoms with Crippen molar-refractivity contribution in [1.82, 2.24) is 9.80 Å². The van der Waals surface area contributed by atoms with Gasteiger partial charge in [0, 0.05) is 25.1 Å². The van der Waals surface area contributed by atoms with Crippen molar-refractivity contribution in [1.29, 1.82) is 0 Å². The Balaban J connectivity index is 1.81. The van der Waals surface area contributed by atoms with Crippen LogP contribution in [-0.4, -0.2) is 69.2 Å². The summed E-state index contributed by atoms with van der Waals surface area (Å²) in [5, 5.41) is 1.99. The zero-order valence-corrected chi connectivity index (χ0v) is 22.5. The first-order valence-electron chi connectivity index (χ1n) is 11.9. The molecule has 2 aromatic carbocycles. The van der Waals surface area contributed by atoms with E-state index in [0.717, 1.165) is 16.0 Å². The first-order chi connectivity index (χ1) is 17.9. The second kappa shape index (κ2) is 13.8. The fourth-order valence-electron chi connectivity index (χ4n) is 3.85. The van der Waals surface area contributed by atoms with Crippen LogP contribution in [0.4, 0.5) is 4.39 Å². The number of rotatable bonds is 13. The van der Waals surface area contributed by atoms with Crippen LogP contribution in [0.15, 0.2) is 53.9 Å². The molecule has 3 aromatic rings. The van der Waals surface area contributed by atoms with E-state index in [1.54, 1.807) is 36.5 Å². The molecule has 2 amide bonds. The predicted molar refractivity (Wildman–Crippen MR) is 142 cm³/mol. The van der Waals surface area contributed by atoms with Crippen LogP contribution in [0.3, 0.4) is 0 Å². The SMILES string of the molecule is COCCN(CC(=O)N(CCc1ccc(OC)c(OC)c1)Cc1sccc1C)C(=O)c1ccccc1F. The lowest BCUT2D eigenvalue weighted by molar-refractivity contribution is -0.132. The maximum atomic E-state index is 14.3. The van der Waals surface area contributed by atoms with E-state index in [9.17, 15) is 14.0 Å². The van der Waals surface area contributed by atoms with E-state index in [-0.39, 0.29) is 31.2 Å². The molecular weight excluding hydrogens is 495 g/mol. The number of carbonyl (C=O) groups is 2. The van der Waals surface area contributed by atoms with E-state index in [1.807, 2.05) is 36.6 Å². The number of benzene rings is 2. The minimum atomic E-state index is -0.623. The van der Waals surface area contributed by atoms with E-state index in [1.165, 1.54) is 30.2 Å². The largest absolute Gasteiger partial charge is 0.493 e. The monoisotopic (exact) mass is 528 g/mol. The number of aryl methyl sites for hydroxylation is 1. The highest BCUT2D eigenvalue weighted by atomic mass is 32.1. The second-order valence-corrected chi connectivity index (χ2v) is 9.48. The van der Waals surface area contributed by atoms with Crippen LogP contribution in [0, 0.1) is 12.7 Å². The molecule has 0 bridgehead atoms. The topological polar surface area (TPSA) is 68.3 Å². The van der Waals surface area contributed by atoms with Crippen molar-refractivity contribution in [2.45, 2.75) is 19.9 Å². The van der Waals surface area contributed by atoms with Gasteiger partial charge in [-0.2, -0.15) is 0 Å². The number of thiophene rings is 1. The van der Waals surface area contributed by atoms with Crippen LogP contribution in [0.2, 0.25) is 0 Å². The summed E-state index contributed by atoms with van der Waals surface area (Å²) in [6.07, 6.45) is 0.579. The maximum Gasteiger partial charge on any atom is 0.257 e. The predicted octanol–water partition coefficient (Wildman–Crippen LogP) is 4.57. The van der Waals surface area contributed by atoms with Gasteiger partial charge in [-0.3, -0.25) is 9.59 Å². The van der Waals surface area contributed by atoms with Gasteiger partial charge in [0.1, 0.15) is 12.4 Å². The Morgan fingerprint density at radius 1 is 0.946 bits per heavy atom. The molecule has 1 heterocycles. The van der Waals surface area contributed by atoms with Gasteiger partial charge in [0.2, 0.25) is 5.91 Å². The van der Waals surface area contributed by atoms with Crippen molar-refractivity contribution in [3.8, 4) is 11.5 Å². The van der Waals surface area contributed by atoms with E-state index in [2.05, 4.69) is 0 Å². The molecule has 0 spiro atoms. The van der Waals surface area contributed by atoms with Crippen molar-refractivity contribution < 1.29 is 28.2 Å². The van der Waals surface area contributed by atoms with Crippen LogP contribution in [0.1, 0.15) is 26.4 Å². The summed E-state index contributed by atoms with van der Waals surface area (Å²) in [6, 6.07) is 13.5. The Hall–Kier alpha value is -3.43. The second-order valence-electron chi connectivity index (χ2n) is 8.48. The number of nitrogens with zero attached hydrogens (tertiary/aromatic N) is 2. The summed E-state index contributed by atoms with van der Waals surface area (Å²) in [6.45, 7) is 3.06. The van der Waals surface area contributed by atoms with Crippen LogP contribution in [-0.2, 0) is 22.5 Å².